The first kappa shape index (κ1) is 17.0. The lowest BCUT2D eigenvalue weighted by atomic mass is 10.0. The van der Waals surface area contributed by atoms with Gasteiger partial charge in [0.15, 0.2) is 0 Å². The van der Waals surface area contributed by atoms with E-state index in [0.29, 0.717) is 17.7 Å². The summed E-state index contributed by atoms with van der Waals surface area (Å²) in [7, 11) is 0. The molecule has 0 saturated carbocycles. The number of aryl methyl sites for hydroxylation is 1. The van der Waals surface area contributed by atoms with E-state index in [-0.39, 0.29) is 12.1 Å². The molecule has 1 aliphatic heterocycles. The van der Waals surface area contributed by atoms with E-state index in [9.17, 15) is 13.2 Å². The zero-order valence-electron chi connectivity index (χ0n) is 13.1. The van der Waals surface area contributed by atoms with E-state index in [1.54, 1.807) is 19.9 Å². The molecule has 0 amide bonds. The second kappa shape index (κ2) is 6.84. The Hall–Kier alpha value is -1.33. The van der Waals surface area contributed by atoms with Crippen molar-refractivity contribution in [2.45, 2.75) is 45.5 Å². The summed E-state index contributed by atoms with van der Waals surface area (Å²) in [5.41, 5.74) is 1.84. The highest BCUT2D eigenvalue weighted by Gasteiger charge is 2.31. The second-order valence-corrected chi connectivity index (χ2v) is 5.97. The summed E-state index contributed by atoms with van der Waals surface area (Å²) in [6, 6.07) is 4.30. The number of benzene rings is 1. The van der Waals surface area contributed by atoms with Gasteiger partial charge < -0.3 is 10.1 Å². The molecular weight excluding hydrogens is 291 g/mol. The Kier molecular flexibility index (Phi) is 5.29. The molecule has 1 heterocycles. The van der Waals surface area contributed by atoms with Crippen LogP contribution < -0.4 is 5.32 Å². The van der Waals surface area contributed by atoms with Crippen LogP contribution in [0.2, 0.25) is 0 Å². The van der Waals surface area contributed by atoms with Crippen molar-refractivity contribution in [3.63, 3.8) is 0 Å². The molecule has 0 spiro atoms. The quantitative estimate of drug-likeness (QED) is 0.832. The summed E-state index contributed by atoms with van der Waals surface area (Å²) in [5, 5.41) is 3.35. The molecule has 0 aromatic heterocycles. The standard InChI is InChI=1S/C17H22F3NO/c1-11-4-5-16(21-9-11)10-22-13(3)14-6-12(2)7-15(8-14)17(18,19)20/h4,6-8,13,16,21H,5,9-10H2,1-3H3/t13?,16-/m1/s1. The lowest BCUT2D eigenvalue weighted by Crippen LogP contribution is -2.37. The maximum atomic E-state index is 12.9. The molecule has 0 bridgehead atoms. The molecule has 5 heteroatoms. The Bertz CT molecular complexity index is 551. The minimum absolute atomic E-state index is 0.220. The van der Waals surface area contributed by atoms with E-state index in [1.165, 1.54) is 11.6 Å². The summed E-state index contributed by atoms with van der Waals surface area (Å²) in [6.07, 6.45) is -1.63. The van der Waals surface area contributed by atoms with E-state index in [1.807, 2.05) is 0 Å². The first-order chi connectivity index (χ1) is 10.3. The third kappa shape index (κ3) is 4.58. The molecule has 2 atom stereocenters. The summed E-state index contributed by atoms with van der Waals surface area (Å²) >= 11 is 0. The summed E-state index contributed by atoms with van der Waals surface area (Å²) in [6.45, 7) is 6.85. The zero-order valence-corrected chi connectivity index (χ0v) is 13.1. The van der Waals surface area contributed by atoms with Crippen molar-refractivity contribution in [3.8, 4) is 0 Å². The van der Waals surface area contributed by atoms with E-state index in [0.717, 1.165) is 19.0 Å². The first-order valence-electron chi connectivity index (χ1n) is 7.45. The van der Waals surface area contributed by atoms with Crippen LogP contribution >= 0.6 is 0 Å². The van der Waals surface area contributed by atoms with Crippen molar-refractivity contribution in [2.75, 3.05) is 13.2 Å². The largest absolute Gasteiger partial charge is 0.416 e. The van der Waals surface area contributed by atoms with Crippen molar-refractivity contribution in [3.05, 3.63) is 46.5 Å². The van der Waals surface area contributed by atoms with E-state index in [2.05, 4.69) is 18.3 Å². The molecule has 2 rings (SSSR count). The van der Waals surface area contributed by atoms with Crippen LogP contribution in [0.25, 0.3) is 0 Å². The van der Waals surface area contributed by atoms with Gasteiger partial charge in [0.1, 0.15) is 0 Å². The van der Waals surface area contributed by atoms with Crippen LogP contribution in [0.5, 0.6) is 0 Å². The van der Waals surface area contributed by atoms with Crippen LogP contribution in [0.1, 0.15) is 43.1 Å². The predicted molar refractivity (Wildman–Crippen MR) is 80.7 cm³/mol. The fourth-order valence-corrected chi connectivity index (χ4v) is 2.50. The number of ether oxygens (including phenoxy) is 1. The maximum absolute atomic E-state index is 12.9. The summed E-state index contributed by atoms with van der Waals surface area (Å²) < 4.78 is 44.4. The molecule has 0 saturated heterocycles. The molecule has 1 aromatic rings. The van der Waals surface area contributed by atoms with Crippen molar-refractivity contribution < 1.29 is 17.9 Å². The van der Waals surface area contributed by atoms with E-state index in [4.69, 9.17) is 4.74 Å². The second-order valence-electron chi connectivity index (χ2n) is 5.97. The monoisotopic (exact) mass is 313 g/mol. The van der Waals surface area contributed by atoms with Crippen LogP contribution in [-0.4, -0.2) is 19.2 Å². The van der Waals surface area contributed by atoms with Gasteiger partial charge in [0, 0.05) is 12.6 Å². The van der Waals surface area contributed by atoms with Gasteiger partial charge in [-0.2, -0.15) is 13.2 Å². The third-order valence-corrected chi connectivity index (χ3v) is 3.86. The first-order valence-corrected chi connectivity index (χ1v) is 7.45. The predicted octanol–water partition coefficient (Wildman–Crippen LogP) is 4.40. The highest BCUT2D eigenvalue weighted by molar-refractivity contribution is 5.32. The number of halogens is 3. The van der Waals surface area contributed by atoms with Crippen molar-refractivity contribution in [2.24, 2.45) is 0 Å². The fourth-order valence-electron chi connectivity index (χ4n) is 2.50. The average molecular weight is 313 g/mol. The maximum Gasteiger partial charge on any atom is 0.416 e. The van der Waals surface area contributed by atoms with Gasteiger partial charge in [-0.15, -0.1) is 0 Å². The van der Waals surface area contributed by atoms with Crippen molar-refractivity contribution >= 4 is 0 Å². The molecule has 1 aromatic carbocycles. The molecule has 2 nitrogen and oxygen atoms in total. The molecule has 0 radical (unpaired) electrons. The molecule has 0 aliphatic carbocycles. The minimum atomic E-state index is -4.33. The Labute approximate surface area is 129 Å². The van der Waals surface area contributed by atoms with Gasteiger partial charge in [-0.05, 0) is 44.9 Å². The van der Waals surface area contributed by atoms with Gasteiger partial charge in [0.25, 0.3) is 0 Å². The molecule has 1 N–H and O–H groups in total. The average Bonchev–Trinajstić information content (AvgIpc) is 2.45. The molecule has 0 fully saturated rings. The number of hydrogen-bond donors (Lipinski definition) is 1. The Morgan fingerprint density at radius 3 is 2.59 bits per heavy atom. The fraction of sp³-hybridized carbons (Fsp3) is 0.529. The Balaban J connectivity index is 2.00. The van der Waals surface area contributed by atoms with Crippen LogP contribution in [0.15, 0.2) is 29.8 Å². The number of nitrogens with one attached hydrogen (secondary N) is 1. The van der Waals surface area contributed by atoms with Gasteiger partial charge in [-0.1, -0.05) is 23.3 Å². The Morgan fingerprint density at radius 1 is 1.27 bits per heavy atom. The smallest absolute Gasteiger partial charge is 0.372 e. The minimum Gasteiger partial charge on any atom is -0.372 e. The number of hydrogen-bond acceptors (Lipinski definition) is 2. The molecular formula is C17H22F3NO. The van der Waals surface area contributed by atoms with Gasteiger partial charge >= 0.3 is 6.18 Å². The number of alkyl halides is 3. The molecule has 122 valence electrons. The summed E-state index contributed by atoms with van der Waals surface area (Å²) in [5.74, 6) is 0. The third-order valence-electron chi connectivity index (χ3n) is 3.86. The summed E-state index contributed by atoms with van der Waals surface area (Å²) in [4.78, 5) is 0. The van der Waals surface area contributed by atoms with Crippen LogP contribution in [-0.2, 0) is 10.9 Å². The van der Waals surface area contributed by atoms with Gasteiger partial charge in [-0.25, -0.2) is 0 Å². The van der Waals surface area contributed by atoms with Crippen molar-refractivity contribution in [1.82, 2.24) is 5.32 Å². The van der Waals surface area contributed by atoms with E-state index >= 15 is 0 Å². The highest BCUT2D eigenvalue weighted by Crippen LogP contribution is 2.32. The number of rotatable bonds is 4. The SMILES string of the molecule is CC1=CC[C@H](COC(C)c2cc(C)cc(C(F)(F)F)c2)NC1. The normalized spacial score (nSPS) is 20.6. The van der Waals surface area contributed by atoms with Gasteiger partial charge in [-0.3, -0.25) is 0 Å². The lowest BCUT2D eigenvalue weighted by Gasteiger charge is -2.24. The van der Waals surface area contributed by atoms with Crippen LogP contribution in [0.3, 0.4) is 0 Å². The molecule has 1 unspecified atom stereocenters. The lowest BCUT2D eigenvalue weighted by molar-refractivity contribution is -0.137. The van der Waals surface area contributed by atoms with E-state index < -0.39 is 11.7 Å². The topological polar surface area (TPSA) is 21.3 Å². The molecule has 22 heavy (non-hydrogen) atoms. The van der Waals surface area contributed by atoms with Crippen LogP contribution in [0.4, 0.5) is 13.2 Å². The van der Waals surface area contributed by atoms with Gasteiger partial charge in [0.05, 0.1) is 18.3 Å². The zero-order chi connectivity index (χ0) is 16.3. The molecule has 1 aliphatic rings. The van der Waals surface area contributed by atoms with Gasteiger partial charge in [0.2, 0.25) is 0 Å². The van der Waals surface area contributed by atoms with Crippen molar-refractivity contribution in [1.29, 1.82) is 0 Å². The highest BCUT2D eigenvalue weighted by atomic mass is 19.4. The Morgan fingerprint density at radius 2 is 2.00 bits per heavy atom. The van der Waals surface area contributed by atoms with Crippen LogP contribution in [0, 0.1) is 6.92 Å².